The zero-order valence-corrected chi connectivity index (χ0v) is 19.5. The smallest absolute Gasteiger partial charge is 0.407 e. The van der Waals surface area contributed by atoms with E-state index in [1.165, 1.54) is 35.1 Å². The minimum Gasteiger partial charge on any atom is -0.494 e. The first kappa shape index (κ1) is 21.0. The number of nitrogens with one attached hydrogen (secondary N) is 1. The number of piperidine rings is 3. The highest BCUT2D eigenvalue weighted by atomic mass is 16.6. The summed E-state index contributed by atoms with van der Waals surface area (Å²) in [6.45, 7) is 5.88. The number of fused-ring (bicyclic) bond motifs is 4. The van der Waals surface area contributed by atoms with Gasteiger partial charge in [-0.25, -0.2) is 4.79 Å². The lowest BCUT2D eigenvalue weighted by atomic mass is 9.76. The van der Waals surface area contributed by atoms with Crippen LogP contribution in [0.25, 0.3) is 11.1 Å². The quantitative estimate of drug-likeness (QED) is 0.674. The van der Waals surface area contributed by atoms with Gasteiger partial charge in [0.05, 0.1) is 12.6 Å². The van der Waals surface area contributed by atoms with Gasteiger partial charge in [-0.15, -0.1) is 0 Å². The molecule has 1 amide bonds. The summed E-state index contributed by atoms with van der Waals surface area (Å²) in [7, 11) is 0. The molecule has 7 rings (SSSR count). The summed E-state index contributed by atoms with van der Waals surface area (Å²) in [4.78, 5) is 15.4. The highest BCUT2D eigenvalue weighted by Gasteiger charge is 2.53. The van der Waals surface area contributed by atoms with Crippen LogP contribution in [-0.2, 0) is 11.2 Å². The molecule has 2 aromatic carbocycles. The lowest BCUT2D eigenvalue weighted by molar-refractivity contribution is -0.0347. The van der Waals surface area contributed by atoms with E-state index in [1.54, 1.807) is 0 Å². The van der Waals surface area contributed by atoms with Crippen molar-refractivity contribution in [2.75, 3.05) is 26.2 Å². The molecule has 3 saturated heterocycles. The molecule has 2 aliphatic carbocycles. The van der Waals surface area contributed by atoms with Crippen molar-refractivity contribution in [3.05, 3.63) is 53.6 Å². The van der Waals surface area contributed by atoms with E-state index in [-0.39, 0.29) is 23.7 Å². The van der Waals surface area contributed by atoms with Crippen LogP contribution < -0.4 is 10.1 Å². The zero-order valence-electron chi connectivity index (χ0n) is 19.5. The number of alkyl carbamates (subject to hydrolysis) is 1. The Morgan fingerprint density at radius 1 is 1.09 bits per heavy atom. The van der Waals surface area contributed by atoms with Gasteiger partial charge < -0.3 is 14.8 Å². The van der Waals surface area contributed by atoms with Crippen LogP contribution in [0.3, 0.4) is 0 Å². The number of hydrogen-bond donors (Lipinski definition) is 1. The van der Waals surface area contributed by atoms with Crippen molar-refractivity contribution in [2.45, 2.75) is 57.6 Å². The van der Waals surface area contributed by atoms with E-state index in [4.69, 9.17) is 9.47 Å². The second-order valence-corrected chi connectivity index (χ2v) is 10.4. The number of rotatable bonds is 5. The minimum absolute atomic E-state index is 0.0470. The molecular formula is C28H34N2O3. The Hall–Kier alpha value is -2.53. The number of ether oxygens (including phenoxy) is 2. The molecule has 0 radical (unpaired) electrons. The topological polar surface area (TPSA) is 50.8 Å². The average Bonchev–Trinajstić information content (AvgIpc) is 3.62. The molecule has 0 aromatic heterocycles. The van der Waals surface area contributed by atoms with Crippen LogP contribution >= 0.6 is 0 Å². The minimum atomic E-state index is -0.230. The van der Waals surface area contributed by atoms with E-state index in [1.807, 2.05) is 19.1 Å². The van der Waals surface area contributed by atoms with Gasteiger partial charge in [-0.1, -0.05) is 30.3 Å². The van der Waals surface area contributed by atoms with E-state index in [0.29, 0.717) is 12.5 Å². The van der Waals surface area contributed by atoms with Crippen LogP contribution in [0.1, 0.15) is 56.2 Å². The molecule has 4 fully saturated rings. The zero-order chi connectivity index (χ0) is 22.4. The van der Waals surface area contributed by atoms with Gasteiger partial charge in [0, 0.05) is 6.54 Å². The van der Waals surface area contributed by atoms with Gasteiger partial charge in [-0.2, -0.15) is 0 Å². The second kappa shape index (κ2) is 8.35. The summed E-state index contributed by atoms with van der Waals surface area (Å²) in [6.07, 6.45) is 6.71. The Labute approximate surface area is 196 Å². The second-order valence-electron chi connectivity index (χ2n) is 10.4. The molecule has 1 saturated carbocycles. The summed E-state index contributed by atoms with van der Waals surface area (Å²) in [6, 6.07) is 15.1. The predicted octanol–water partition coefficient (Wildman–Crippen LogP) is 5.34. The third kappa shape index (κ3) is 4.01. The monoisotopic (exact) mass is 446 g/mol. The van der Waals surface area contributed by atoms with E-state index in [2.05, 4.69) is 40.5 Å². The summed E-state index contributed by atoms with van der Waals surface area (Å²) >= 11 is 0. The lowest BCUT2D eigenvalue weighted by Gasteiger charge is -2.44. The highest BCUT2D eigenvalue weighted by molar-refractivity contribution is 5.70. The number of benzene rings is 2. The molecule has 3 aliphatic heterocycles. The fourth-order valence-electron chi connectivity index (χ4n) is 6.34. The van der Waals surface area contributed by atoms with Gasteiger partial charge in [0.1, 0.15) is 11.9 Å². The number of amides is 1. The van der Waals surface area contributed by atoms with Crippen LogP contribution in [0.2, 0.25) is 0 Å². The molecule has 5 aliphatic rings. The van der Waals surface area contributed by atoms with Crippen molar-refractivity contribution in [2.24, 2.45) is 11.3 Å². The number of nitrogens with zero attached hydrogens (tertiary/aromatic N) is 1. The van der Waals surface area contributed by atoms with Crippen molar-refractivity contribution in [1.82, 2.24) is 10.2 Å². The van der Waals surface area contributed by atoms with Crippen LogP contribution in [0.15, 0.2) is 42.5 Å². The Bertz CT molecular complexity index is 1040. The van der Waals surface area contributed by atoms with E-state index in [0.717, 1.165) is 51.1 Å². The third-order valence-electron chi connectivity index (χ3n) is 8.45. The molecular weight excluding hydrogens is 412 g/mol. The molecule has 5 nitrogen and oxygen atoms in total. The van der Waals surface area contributed by atoms with E-state index >= 15 is 0 Å². The van der Waals surface area contributed by atoms with Gasteiger partial charge in [-0.05, 0) is 104 Å². The Kier molecular flexibility index (Phi) is 5.33. The highest BCUT2D eigenvalue weighted by Crippen LogP contribution is 2.61. The Morgan fingerprint density at radius 3 is 2.64 bits per heavy atom. The predicted molar refractivity (Wildman–Crippen MR) is 128 cm³/mol. The lowest BCUT2D eigenvalue weighted by Crippen LogP contribution is -2.53. The van der Waals surface area contributed by atoms with Crippen LogP contribution in [0.4, 0.5) is 4.79 Å². The Morgan fingerprint density at radius 2 is 1.91 bits per heavy atom. The average molecular weight is 447 g/mol. The number of aryl methyl sites for hydroxylation is 1. The van der Waals surface area contributed by atoms with Gasteiger partial charge in [-0.3, -0.25) is 4.90 Å². The molecule has 5 heteroatoms. The van der Waals surface area contributed by atoms with Crippen LogP contribution in [0, 0.1) is 11.3 Å². The largest absolute Gasteiger partial charge is 0.494 e. The molecule has 33 heavy (non-hydrogen) atoms. The Balaban J connectivity index is 1.21. The first-order valence-electron chi connectivity index (χ1n) is 12.7. The maximum atomic E-state index is 13.0. The first-order chi connectivity index (χ1) is 16.1. The molecule has 2 aromatic rings. The summed E-state index contributed by atoms with van der Waals surface area (Å²) in [5, 5.41) is 3.32. The molecule has 1 spiro atoms. The third-order valence-corrected chi connectivity index (χ3v) is 8.45. The summed E-state index contributed by atoms with van der Waals surface area (Å²) in [5.41, 5.74) is 5.21. The fraction of sp³-hybridized carbons (Fsp3) is 0.536. The van der Waals surface area contributed by atoms with Crippen molar-refractivity contribution in [1.29, 1.82) is 0 Å². The molecule has 1 N–H and O–H groups in total. The molecule has 2 atom stereocenters. The van der Waals surface area contributed by atoms with E-state index in [9.17, 15) is 4.79 Å². The first-order valence-corrected chi connectivity index (χ1v) is 12.7. The number of hydrogen-bond acceptors (Lipinski definition) is 4. The van der Waals surface area contributed by atoms with Gasteiger partial charge in [0.25, 0.3) is 0 Å². The van der Waals surface area contributed by atoms with Gasteiger partial charge >= 0.3 is 6.09 Å². The van der Waals surface area contributed by atoms with Crippen LogP contribution in [0.5, 0.6) is 5.75 Å². The van der Waals surface area contributed by atoms with Crippen molar-refractivity contribution in [3.63, 3.8) is 0 Å². The van der Waals surface area contributed by atoms with E-state index < -0.39 is 0 Å². The molecule has 1 unspecified atom stereocenters. The van der Waals surface area contributed by atoms with Crippen molar-refractivity contribution < 1.29 is 14.3 Å². The van der Waals surface area contributed by atoms with Crippen molar-refractivity contribution >= 4 is 6.09 Å². The number of carbonyl (C=O) groups is 1. The molecule has 174 valence electrons. The number of carbonyl (C=O) groups excluding carboxylic acids is 1. The fourth-order valence-corrected chi connectivity index (χ4v) is 6.34. The summed E-state index contributed by atoms with van der Waals surface area (Å²) in [5.74, 6) is 1.43. The molecule has 3 heterocycles. The maximum Gasteiger partial charge on any atom is 0.407 e. The standard InChI is InChI=1S/C28H34N2O3/c1-2-32-23-5-3-4-20(17-23)21-6-7-24-22(16-21)8-11-28(12-13-28)26(24)29-27(31)33-25-18-30-14-9-19(25)10-15-30/h3-7,16-17,19,25-26H,2,8-15,18H2,1H3,(H,29,31)/t25-,26?/m1/s1. The molecule has 2 bridgehead atoms. The van der Waals surface area contributed by atoms with Gasteiger partial charge in [0.2, 0.25) is 0 Å². The van der Waals surface area contributed by atoms with Crippen LogP contribution in [-0.4, -0.2) is 43.3 Å². The van der Waals surface area contributed by atoms with Gasteiger partial charge in [0.15, 0.2) is 0 Å². The maximum absolute atomic E-state index is 13.0. The van der Waals surface area contributed by atoms with Crippen molar-refractivity contribution in [3.8, 4) is 16.9 Å². The summed E-state index contributed by atoms with van der Waals surface area (Å²) < 4.78 is 11.7. The SMILES string of the molecule is CCOc1cccc(-c2ccc3c(c2)CCC2(CC2)C3NC(=O)O[C@@H]2CN3CCC2CC3)c1. The normalized spacial score (nSPS) is 28.8.